The lowest BCUT2D eigenvalue weighted by molar-refractivity contribution is 0.0659. The van der Waals surface area contributed by atoms with Crippen LogP contribution >= 0.6 is 0 Å². The Labute approximate surface area is 107 Å². The maximum atomic E-state index is 6.01. The summed E-state index contributed by atoms with van der Waals surface area (Å²) in [5.74, 6) is 0.941. The van der Waals surface area contributed by atoms with Crippen LogP contribution in [0.15, 0.2) is 0 Å². The van der Waals surface area contributed by atoms with Crippen molar-refractivity contribution in [3.63, 3.8) is 0 Å². The van der Waals surface area contributed by atoms with Crippen molar-refractivity contribution in [1.29, 1.82) is 0 Å². The molecule has 1 heterocycles. The molecule has 1 saturated carbocycles. The predicted octanol–water partition coefficient (Wildman–Crippen LogP) is 3.16. The maximum absolute atomic E-state index is 6.01. The van der Waals surface area contributed by atoms with Crippen LogP contribution in [0.5, 0.6) is 0 Å². The largest absolute Gasteiger partial charge is 0.329 e. The van der Waals surface area contributed by atoms with Gasteiger partial charge in [0.05, 0.1) is 0 Å². The fourth-order valence-electron chi connectivity index (χ4n) is 3.99. The summed E-state index contributed by atoms with van der Waals surface area (Å²) >= 11 is 0. The van der Waals surface area contributed by atoms with E-state index in [1.54, 1.807) is 0 Å². The predicted molar refractivity (Wildman–Crippen MR) is 74.1 cm³/mol. The second kappa shape index (κ2) is 6.75. The average molecular weight is 238 g/mol. The van der Waals surface area contributed by atoms with Crippen molar-refractivity contribution in [3.8, 4) is 0 Å². The molecular formula is C15H30N2. The van der Waals surface area contributed by atoms with Crippen molar-refractivity contribution in [2.24, 2.45) is 11.7 Å². The smallest absolute Gasteiger partial charge is 0.0221 e. The third-order valence-corrected chi connectivity index (χ3v) is 5.01. The van der Waals surface area contributed by atoms with Crippen LogP contribution in [-0.4, -0.2) is 30.1 Å². The van der Waals surface area contributed by atoms with Crippen LogP contribution in [0.25, 0.3) is 0 Å². The number of nitrogens with two attached hydrogens (primary N) is 1. The van der Waals surface area contributed by atoms with Crippen molar-refractivity contribution in [2.75, 3.05) is 13.1 Å². The summed E-state index contributed by atoms with van der Waals surface area (Å²) in [5.41, 5.74) is 6.01. The molecule has 0 aromatic carbocycles. The number of likely N-dealkylation sites (tertiary alicyclic amines) is 1. The van der Waals surface area contributed by atoms with Crippen LogP contribution in [0.4, 0.5) is 0 Å². The van der Waals surface area contributed by atoms with Crippen molar-refractivity contribution < 1.29 is 0 Å². The normalized spacial score (nSPS) is 36.7. The Balaban J connectivity index is 2.04. The van der Waals surface area contributed by atoms with E-state index in [1.807, 2.05) is 0 Å². The Hall–Kier alpha value is -0.0800. The van der Waals surface area contributed by atoms with Gasteiger partial charge in [-0.1, -0.05) is 39.0 Å². The van der Waals surface area contributed by atoms with Gasteiger partial charge in [-0.3, -0.25) is 4.90 Å². The van der Waals surface area contributed by atoms with E-state index in [9.17, 15) is 0 Å². The van der Waals surface area contributed by atoms with E-state index in [0.717, 1.165) is 18.5 Å². The van der Waals surface area contributed by atoms with Gasteiger partial charge in [0.2, 0.25) is 0 Å². The van der Waals surface area contributed by atoms with E-state index in [1.165, 1.54) is 64.3 Å². The molecule has 2 aliphatic rings. The maximum Gasteiger partial charge on any atom is 0.0221 e. The lowest BCUT2D eigenvalue weighted by Crippen LogP contribution is -2.50. The summed E-state index contributed by atoms with van der Waals surface area (Å²) in [6, 6.07) is 1.52. The average Bonchev–Trinajstić information content (AvgIpc) is 2.63. The van der Waals surface area contributed by atoms with Gasteiger partial charge in [-0.25, -0.2) is 0 Å². The van der Waals surface area contributed by atoms with Crippen molar-refractivity contribution in [1.82, 2.24) is 4.90 Å². The highest BCUT2D eigenvalue weighted by Crippen LogP contribution is 2.33. The molecule has 0 spiro atoms. The summed E-state index contributed by atoms with van der Waals surface area (Å²) < 4.78 is 0. The number of hydrogen-bond donors (Lipinski definition) is 1. The zero-order chi connectivity index (χ0) is 12.1. The molecule has 3 atom stereocenters. The molecule has 1 aliphatic carbocycles. The molecule has 0 aromatic rings. The zero-order valence-corrected chi connectivity index (χ0v) is 11.5. The fraction of sp³-hybridized carbons (Fsp3) is 1.00. The van der Waals surface area contributed by atoms with Crippen molar-refractivity contribution >= 4 is 0 Å². The van der Waals surface area contributed by atoms with Crippen LogP contribution in [0.3, 0.4) is 0 Å². The molecule has 1 aliphatic heterocycles. The van der Waals surface area contributed by atoms with Gasteiger partial charge in [0, 0.05) is 18.6 Å². The molecule has 0 amide bonds. The Morgan fingerprint density at radius 1 is 1.00 bits per heavy atom. The summed E-state index contributed by atoms with van der Waals surface area (Å²) in [4.78, 5) is 2.81. The van der Waals surface area contributed by atoms with Crippen LogP contribution < -0.4 is 5.73 Å². The number of nitrogens with zero attached hydrogens (tertiary/aromatic N) is 1. The monoisotopic (exact) mass is 238 g/mol. The SMILES string of the molecule is CCC1CCCCC1N1CCCCCC1CN. The molecule has 100 valence electrons. The molecule has 2 N–H and O–H groups in total. The van der Waals surface area contributed by atoms with E-state index >= 15 is 0 Å². The quantitative estimate of drug-likeness (QED) is 0.818. The minimum atomic E-state index is 0.676. The minimum absolute atomic E-state index is 0.676. The fourth-order valence-corrected chi connectivity index (χ4v) is 3.99. The topological polar surface area (TPSA) is 29.3 Å². The lowest BCUT2D eigenvalue weighted by Gasteiger charge is -2.43. The first-order chi connectivity index (χ1) is 8.36. The second-order valence-corrected chi connectivity index (χ2v) is 6.00. The Morgan fingerprint density at radius 2 is 1.76 bits per heavy atom. The van der Waals surface area contributed by atoms with Gasteiger partial charge in [-0.2, -0.15) is 0 Å². The van der Waals surface area contributed by atoms with Crippen LogP contribution in [0.1, 0.15) is 64.7 Å². The lowest BCUT2D eigenvalue weighted by atomic mass is 9.81. The van der Waals surface area contributed by atoms with E-state index in [4.69, 9.17) is 5.73 Å². The van der Waals surface area contributed by atoms with Gasteiger partial charge in [0.15, 0.2) is 0 Å². The third kappa shape index (κ3) is 3.23. The number of rotatable bonds is 3. The highest BCUT2D eigenvalue weighted by atomic mass is 15.2. The molecule has 0 radical (unpaired) electrons. The van der Waals surface area contributed by atoms with Crippen molar-refractivity contribution in [2.45, 2.75) is 76.8 Å². The van der Waals surface area contributed by atoms with E-state index < -0.39 is 0 Å². The summed E-state index contributed by atoms with van der Waals surface area (Å²) in [6.07, 6.45) is 12.7. The summed E-state index contributed by atoms with van der Waals surface area (Å²) in [6.45, 7) is 4.55. The molecule has 3 unspecified atom stereocenters. The van der Waals surface area contributed by atoms with Crippen molar-refractivity contribution in [3.05, 3.63) is 0 Å². The molecule has 2 rings (SSSR count). The van der Waals surface area contributed by atoms with Crippen LogP contribution in [-0.2, 0) is 0 Å². The Kier molecular flexibility index (Phi) is 5.30. The molecule has 2 heteroatoms. The van der Waals surface area contributed by atoms with Gasteiger partial charge in [-0.05, 0) is 38.1 Å². The molecule has 0 bridgehead atoms. The van der Waals surface area contributed by atoms with E-state index in [0.29, 0.717) is 6.04 Å². The Morgan fingerprint density at radius 3 is 2.53 bits per heavy atom. The van der Waals surface area contributed by atoms with Gasteiger partial charge in [0.25, 0.3) is 0 Å². The van der Waals surface area contributed by atoms with Gasteiger partial charge >= 0.3 is 0 Å². The minimum Gasteiger partial charge on any atom is -0.329 e. The first-order valence-electron chi connectivity index (χ1n) is 7.82. The second-order valence-electron chi connectivity index (χ2n) is 6.00. The molecule has 1 saturated heterocycles. The zero-order valence-electron chi connectivity index (χ0n) is 11.5. The molecule has 17 heavy (non-hydrogen) atoms. The number of hydrogen-bond acceptors (Lipinski definition) is 2. The van der Waals surface area contributed by atoms with Gasteiger partial charge in [0.1, 0.15) is 0 Å². The van der Waals surface area contributed by atoms with Crippen LogP contribution in [0, 0.1) is 5.92 Å². The molecule has 2 nitrogen and oxygen atoms in total. The summed E-state index contributed by atoms with van der Waals surface area (Å²) in [5, 5.41) is 0. The van der Waals surface area contributed by atoms with Gasteiger partial charge < -0.3 is 5.73 Å². The first-order valence-corrected chi connectivity index (χ1v) is 7.82. The Bertz CT molecular complexity index is 217. The first kappa shape index (κ1) is 13.4. The van der Waals surface area contributed by atoms with E-state index in [-0.39, 0.29) is 0 Å². The molecule has 2 fully saturated rings. The highest BCUT2D eigenvalue weighted by molar-refractivity contribution is 4.88. The van der Waals surface area contributed by atoms with E-state index in [2.05, 4.69) is 11.8 Å². The summed E-state index contributed by atoms with van der Waals surface area (Å²) in [7, 11) is 0. The van der Waals surface area contributed by atoms with Crippen LogP contribution in [0.2, 0.25) is 0 Å². The molecule has 0 aromatic heterocycles. The highest BCUT2D eigenvalue weighted by Gasteiger charge is 2.32. The third-order valence-electron chi connectivity index (χ3n) is 5.01. The standard InChI is InChI=1S/C15H30N2/c1-2-13-8-5-6-10-15(13)17-11-7-3-4-9-14(17)12-16/h13-15H,2-12,16H2,1H3. The van der Waals surface area contributed by atoms with Gasteiger partial charge in [-0.15, -0.1) is 0 Å². The molecular weight excluding hydrogens is 208 g/mol.